The van der Waals surface area contributed by atoms with E-state index in [0.29, 0.717) is 10.9 Å². The Bertz CT molecular complexity index is 157. The van der Waals surface area contributed by atoms with Crippen LogP contribution >= 0.6 is 24.0 Å². The lowest BCUT2D eigenvalue weighted by atomic mass is 10.2. The SMILES string of the molecule is CC1CSC(=O)NC1=S. The fourth-order valence-electron chi connectivity index (χ4n) is 0.536. The van der Waals surface area contributed by atoms with Crippen molar-refractivity contribution in [2.24, 2.45) is 5.92 Å². The Morgan fingerprint density at radius 3 is 3.00 bits per heavy atom. The van der Waals surface area contributed by atoms with Crippen LogP contribution < -0.4 is 5.32 Å². The average Bonchev–Trinajstić information content (AvgIpc) is 1.80. The molecule has 0 radical (unpaired) electrons. The number of thioether (sulfide) groups is 1. The minimum absolute atomic E-state index is 0.0156. The van der Waals surface area contributed by atoms with Gasteiger partial charge in [0.15, 0.2) is 0 Å². The predicted octanol–water partition coefficient (Wildman–Crippen LogP) is 1.41. The van der Waals surface area contributed by atoms with Crippen molar-refractivity contribution in [3.05, 3.63) is 0 Å². The molecule has 0 spiro atoms. The molecule has 1 rings (SSSR count). The summed E-state index contributed by atoms with van der Waals surface area (Å²) in [6, 6.07) is 0. The van der Waals surface area contributed by atoms with Crippen molar-refractivity contribution >= 4 is 34.2 Å². The van der Waals surface area contributed by atoms with Crippen LogP contribution in [0.3, 0.4) is 0 Å². The maximum atomic E-state index is 10.6. The van der Waals surface area contributed by atoms with Gasteiger partial charge in [0.05, 0.1) is 4.99 Å². The zero-order chi connectivity index (χ0) is 6.85. The average molecular weight is 161 g/mol. The number of amides is 1. The fraction of sp³-hybridized carbons (Fsp3) is 0.600. The van der Waals surface area contributed by atoms with Gasteiger partial charge in [0.2, 0.25) is 0 Å². The molecule has 0 aromatic heterocycles. The molecule has 1 aliphatic rings. The lowest BCUT2D eigenvalue weighted by molar-refractivity contribution is 0.264. The van der Waals surface area contributed by atoms with Crippen molar-refractivity contribution in [3.63, 3.8) is 0 Å². The standard InChI is InChI=1S/C5H7NOS2/c1-3-2-9-5(7)6-4(3)8/h3H,2H2,1H3,(H,6,7,8). The third kappa shape index (κ3) is 1.66. The highest BCUT2D eigenvalue weighted by Crippen LogP contribution is 2.15. The lowest BCUT2D eigenvalue weighted by Crippen LogP contribution is -2.36. The summed E-state index contributed by atoms with van der Waals surface area (Å²) in [5.74, 6) is 1.17. The Hall–Kier alpha value is -0.0900. The fourth-order valence-corrected chi connectivity index (χ4v) is 1.63. The Balaban J connectivity index is 2.54. The van der Waals surface area contributed by atoms with Crippen LogP contribution in [0, 0.1) is 5.92 Å². The summed E-state index contributed by atoms with van der Waals surface area (Å²) in [6.07, 6.45) is 0. The van der Waals surface area contributed by atoms with Gasteiger partial charge < -0.3 is 5.32 Å². The van der Waals surface area contributed by atoms with Crippen LogP contribution in [0.2, 0.25) is 0 Å². The number of carbonyl (C=O) groups excluding carboxylic acids is 1. The summed E-state index contributed by atoms with van der Waals surface area (Å²) in [7, 11) is 0. The third-order valence-electron chi connectivity index (χ3n) is 1.14. The van der Waals surface area contributed by atoms with Crippen LogP contribution in [0.25, 0.3) is 0 Å². The van der Waals surface area contributed by atoms with E-state index in [-0.39, 0.29) is 5.24 Å². The van der Waals surface area contributed by atoms with Gasteiger partial charge in [0, 0.05) is 11.7 Å². The van der Waals surface area contributed by atoms with E-state index in [2.05, 4.69) is 5.32 Å². The van der Waals surface area contributed by atoms with Crippen LogP contribution in [0.4, 0.5) is 4.79 Å². The van der Waals surface area contributed by atoms with E-state index in [4.69, 9.17) is 12.2 Å². The highest BCUT2D eigenvalue weighted by molar-refractivity contribution is 8.13. The van der Waals surface area contributed by atoms with Gasteiger partial charge in [0.25, 0.3) is 5.24 Å². The minimum Gasteiger partial charge on any atom is -0.311 e. The first-order valence-corrected chi connectivity index (χ1v) is 4.07. The summed E-state index contributed by atoms with van der Waals surface area (Å²) in [5.41, 5.74) is 0. The quantitative estimate of drug-likeness (QED) is 0.545. The maximum Gasteiger partial charge on any atom is 0.283 e. The van der Waals surface area contributed by atoms with E-state index in [1.54, 1.807) is 0 Å². The Morgan fingerprint density at radius 2 is 2.56 bits per heavy atom. The molecule has 1 N–H and O–H groups in total. The van der Waals surface area contributed by atoms with E-state index in [1.165, 1.54) is 11.8 Å². The van der Waals surface area contributed by atoms with Gasteiger partial charge in [-0.05, 0) is 0 Å². The molecule has 1 atom stereocenters. The first-order valence-electron chi connectivity index (χ1n) is 2.68. The van der Waals surface area contributed by atoms with Gasteiger partial charge in [-0.25, -0.2) is 0 Å². The molecule has 0 aromatic rings. The minimum atomic E-state index is -0.0156. The Kier molecular flexibility index (Phi) is 2.08. The van der Waals surface area contributed by atoms with E-state index >= 15 is 0 Å². The van der Waals surface area contributed by atoms with Crippen molar-refractivity contribution < 1.29 is 4.79 Å². The number of hydrogen-bond donors (Lipinski definition) is 1. The number of nitrogens with one attached hydrogen (secondary N) is 1. The predicted molar refractivity (Wildman–Crippen MR) is 42.8 cm³/mol. The van der Waals surface area contributed by atoms with Crippen molar-refractivity contribution in [2.45, 2.75) is 6.92 Å². The van der Waals surface area contributed by atoms with E-state index < -0.39 is 0 Å². The molecule has 1 aliphatic heterocycles. The topological polar surface area (TPSA) is 29.1 Å². The Labute approximate surface area is 63.4 Å². The summed E-state index contributed by atoms with van der Waals surface area (Å²) in [6.45, 7) is 2.01. The molecule has 1 fully saturated rings. The highest BCUT2D eigenvalue weighted by atomic mass is 32.2. The first-order chi connectivity index (χ1) is 4.20. The molecule has 1 heterocycles. The molecule has 4 heteroatoms. The normalized spacial score (nSPS) is 27.9. The van der Waals surface area contributed by atoms with Crippen LogP contribution in [-0.2, 0) is 0 Å². The summed E-state index contributed by atoms with van der Waals surface area (Å²) >= 11 is 6.15. The molecular formula is C5H7NOS2. The molecule has 0 saturated carbocycles. The second-order valence-electron chi connectivity index (χ2n) is 1.99. The second kappa shape index (κ2) is 2.66. The second-order valence-corrected chi connectivity index (χ2v) is 3.42. The third-order valence-corrected chi connectivity index (χ3v) is 2.67. The largest absolute Gasteiger partial charge is 0.311 e. The van der Waals surface area contributed by atoms with Crippen molar-refractivity contribution in [1.82, 2.24) is 5.32 Å². The van der Waals surface area contributed by atoms with Gasteiger partial charge in [-0.1, -0.05) is 30.9 Å². The molecule has 2 nitrogen and oxygen atoms in total. The van der Waals surface area contributed by atoms with E-state index in [0.717, 1.165) is 5.75 Å². The Morgan fingerprint density at radius 1 is 1.89 bits per heavy atom. The molecule has 1 saturated heterocycles. The van der Waals surface area contributed by atoms with Crippen LogP contribution in [0.15, 0.2) is 0 Å². The number of carbonyl (C=O) groups is 1. The van der Waals surface area contributed by atoms with Crippen LogP contribution in [0.1, 0.15) is 6.92 Å². The highest BCUT2D eigenvalue weighted by Gasteiger charge is 2.18. The zero-order valence-electron chi connectivity index (χ0n) is 5.01. The van der Waals surface area contributed by atoms with Gasteiger partial charge in [-0.15, -0.1) is 0 Å². The van der Waals surface area contributed by atoms with Crippen LogP contribution in [-0.4, -0.2) is 16.0 Å². The smallest absolute Gasteiger partial charge is 0.283 e. The molecule has 50 valence electrons. The zero-order valence-corrected chi connectivity index (χ0v) is 6.64. The molecule has 0 aromatic carbocycles. The molecule has 0 aliphatic carbocycles. The maximum absolute atomic E-state index is 10.6. The first kappa shape index (κ1) is 7.02. The van der Waals surface area contributed by atoms with Crippen molar-refractivity contribution in [3.8, 4) is 0 Å². The summed E-state index contributed by atoms with van der Waals surface area (Å²) in [5, 5.41) is 2.57. The van der Waals surface area contributed by atoms with Crippen molar-refractivity contribution in [1.29, 1.82) is 0 Å². The number of thiocarbonyl (C=S) groups is 1. The van der Waals surface area contributed by atoms with Crippen LogP contribution in [0.5, 0.6) is 0 Å². The monoisotopic (exact) mass is 161 g/mol. The lowest BCUT2D eigenvalue weighted by Gasteiger charge is -2.18. The van der Waals surface area contributed by atoms with E-state index in [9.17, 15) is 4.79 Å². The number of hydrogen-bond acceptors (Lipinski definition) is 3. The summed E-state index contributed by atoms with van der Waals surface area (Å²) in [4.78, 5) is 11.3. The summed E-state index contributed by atoms with van der Waals surface area (Å²) < 4.78 is 0. The van der Waals surface area contributed by atoms with Crippen molar-refractivity contribution in [2.75, 3.05) is 5.75 Å². The van der Waals surface area contributed by atoms with E-state index in [1.807, 2.05) is 6.92 Å². The molecule has 1 amide bonds. The van der Waals surface area contributed by atoms with Gasteiger partial charge in [0.1, 0.15) is 0 Å². The van der Waals surface area contributed by atoms with Gasteiger partial charge in [-0.3, -0.25) is 4.79 Å². The number of rotatable bonds is 0. The molecule has 9 heavy (non-hydrogen) atoms. The molecule has 0 bridgehead atoms. The molecular weight excluding hydrogens is 154 g/mol. The van der Waals surface area contributed by atoms with Gasteiger partial charge in [-0.2, -0.15) is 0 Å². The van der Waals surface area contributed by atoms with Gasteiger partial charge >= 0.3 is 0 Å². The molecule has 1 unspecified atom stereocenters.